The van der Waals surface area contributed by atoms with Crippen molar-refractivity contribution in [3.63, 3.8) is 0 Å². The Morgan fingerprint density at radius 3 is 2.82 bits per heavy atom. The van der Waals surface area contributed by atoms with E-state index in [1.54, 1.807) is 13.8 Å². The van der Waals surface area contributed by atoms with E-state index in [1.165, 1.54) is 12.1 Å². The summed E-state index contributed by atoms with van der Waals surface area (Å²) >= 11 is 0. The van der Waals surface area contributed by atoms with Gasteiger partial charge in [-0.3, -0.25) is 4.79 Å². The Kier molecular flexibility index (Phi) is 4.53. The largest absolute Gasteiger partial charge is 0.398 e. The van der Waals surface area contributed by atoms with Crippen molar-refractivity contribution in [2.75, 3.05) is 12.3 Å². The number of carbonyl (C=O) groups excluding carboxylic acids is 1. The molecule has 0 fully saturated rings. The zero-order valence-electron chi connectivity index (χ0n) is 9.93. The van der Waals surface area contributed by atoms with Crippen LogP contribution >= 0.6 is 0 Å². The van der Waals surface area contributed by atoms with Crippen LogP contribution in [0.3, 0.4) is 0 Å². The van der Waals surface area contributed by atoms with Gasteiger partial charge in [-0.15, -0.1) is 11.8 Å². The molecule has 0 unspecified atom stereocenters. The topological polar surface area (TPSA) is 55.1 Å². The highest BCUT2D eigenvalue weighted by Gasteiger charge is 2.10. The molecular weight excluding hydrogens is 219 g/mol. The van der Waals surface area contributed by atoms with Gasteiger partial charge in [-0.05, 0) is 26.0 Å². The molecule has 0 heterocycles. The Labute approximate surface area is 100 Å². The van der Waals surface area contributed by atoms with Gasteiger partial charge in [0, 0.05) is 29.8 Å². The second-order valence-electron chi connectivity index (χ2n) is 3.60. The second kappa shape index (κ2) is 5.90. The van der Waals surface area contributed by atoms with Crippen LogP contribution < -0.4 is 11.1 Å². The molecule has 3 N–H and O–H groups in total. The number of halogens is 1. The van der Waals surface area contributed by atoms with Gasteiger partial charge < -0.3 is 11.1 Å². The van der Waals surface area contributed by atoms with Crippen molar-refractivity contribution in [3.8, 4) is 11.8 Å². The number of nitrogens with two attached hydrogens (primary N) is 1. The third-order valence-corrected chi connectivity index (χ3v) is 2.36. The molecule has 0 radical (unpaired) electrons. The van der Waals surface area contributed by atoms with E-state index >= 15 is 0 Å². The van der Waals surface area contributed by atoms with E-state index < -0.39 is 5.82 Å². The third kappa shape index (κ3) is 3.49. The molecule has 0 aliphatic rings. The minimum absolute atomic E-state index is 0.232. The van der Waals surface area contributed by atoms with Gasteiger partial charge in [-0.2, -0.15) is 0 Å². The molecule has 0 aliphatic heterocycles. The molecule has 1 aromatic carbocycles. The summed E-state index contributed by atoms with van der Waals surface area (Å²) in [6.45, 7) is 3.75. The standard InChI is InChI=1S/C13H15FN2O/c1-3-4-5-6-16-13(17)10-7-11(14)9(2)12(15)8-10/h7-8H,5-6,15H2,1-2H3,(H,16,17). The first-order valence-electron chi connectivity index (χ1n) is 5.29. The van der Waals surface area contributed by atoms with Gasteiger partial charge in [0.15, 0.2) is 0 Å². The summed E-state index contributed by atoms with van der Waals surface area (Å²) in [6.07, 6.45) is 0.575. The lowest BCUT2D eigenvalue weighted by Gasteiger charge is -2.07. The Morgan fingerprint density at radius 1 is 1.53 bits per heavy atom. The van der Waals surface area contributed by atoms with Gasteiger partial charge in [-0.25, -0.2) is 4.39 Å². The number of rotatable bonds is 3. The van der Waals surface area contributed by atoms with E-state index in [0.717, 1.165) is 0 Å². The maximum atomic E-state index is 13.4. The fraction of sp³-hybridized carbons (Fsp3) is 0.308. The third-order valence-electron chi connectivity index (χ3n) is 2.36. The lowest BCUT2D eigenvalue weighted by atomic mass is 10.1. The molecule has 1 amide bonds. The van der Waals surface area contributed by atoms with Gasteiger partial charge in [0.2, 0.25) is 0 Å². The van der Waals surface area contributed by atoms with Gasteiger partial charge in [0.05, 0.1) is 0 Å². The van der Waals surface area contributed by atoms with Crippen LogP contribution in [0.2, 0.25) is 0 Å². The number of nitrogens with one attached hydrogen (secondary N) is 1. The fourth-order valence-corrected chi connectivity index (χ4v) is 1.30. The van der Waals surface area contributed by atoms with Gasteiger partial charge in [0.25, 0.3) is 5.91 Å². The molecular formula is C13H15FN2O. The van der Waals surface area contributed by atoms with Crippen LogP contribution in [0, 0.1) is 24.6 Å². The summed E-state index contributed by atoms with van der Waals surface area (Å²) in [7, 11) is 0. The minimum Gasteiger partial charge on any atom is -0.398 e. The Morgan fingerprint density at radius 2 is 2.24 bits per heavy atom. The molecule has 0 saturated carbocycles. The molecule has 0 spiro atoms. The SMILES string of the molecule is CC#CCCNC(=O)c1cc(N)c(C)c(F)c1. The van der Waals surface area contributed by atoms with Crippen molar-refractivity contribution in [2.45, 2.75) is 20.3 Å². The minimum atomic E-state index is -0.469. The van der Waals surface area contributed by atoms with E-state index in [0.29, 0.717) is 18.5 Å². The zero-order valence-corrected chi connectivity index (χ0v) is 9.93. The number of carbonyl (C=O) groups is 1. The molecule has 0 saturated heterocycles. The van der Waals surface area contributed by atoms with Crippen molar-refractivity contribution < 1.29 is 9.18 Å². The number of hydrogen-bond acceptors (Lipinski definition) is 2. The smallest absolute Gasteiger partial charge is 0.251 e. The van der Waals surface area contributed by atoms with Gasteiger partial charge in [-0.1, -0.05) is 0 Å². The van der Waals surface area contributed by atoms with E-state index in [4.69, 9.17) is 5.73 Å². The maximum absolute atomic E-state index is 13.4. The van der Waals surface area contributed by atoms with Crippen LogP contribution in [0.5, 0.6) is 0 Å². The van der Waals surface area contributed by atoms with E-state index in [2.05, 4.69) is 17.2 Å². The normalized spacial score (nSPS) is 9.35. The number of anilines is 1. The van der Waals surface area contributed by atoms with Crippen LogP contribution in [0.25, 0.3) is 0 Å². The quantitative estimate of drug-likeness (QED) is 0.476. The second-order valence-corrected chi connectivity index (χ2v) is 3.60. The molecule has 0 aromatic heterocycles. The Hall–Kier alpha value is -2.02. The fourth-order valence-electron chi connectivity index (χ4n) is 1.30. The first-order valence-corrected chi connectivity index (χ1v) is 5.29. The lowest BCUT2D eigenvalue weighted by molar-refractivity contribution is 0.0954. The molecule has 3 nitrogen and oxygen atoms in total. The number of hydrogen-bond donors (Lipinski definition) is 2. The molecule has 0 bridgehead atoms. The van der Waals surface area contributed by atoms with Crippen molar-refractivity contribution in [2.24, 2.45) is 0 Å². The summed E-state index contributed by atoms with van der Waals surface area (Å²) in [5.74, 6) is 4.74. The number of nitrogen functional groups attached to an aromatic ring is 1. The van der Waals surface area contributed by atoms with Crippen LogP contribution in [-0.2, 0) is 0 Å². The van der Waals surface area contributed by atoms with Crippen LogP contribution in [0.15, 0.2) is 12.1 Å². The first kappa shape index (κ1) is 13.0. The molecule has 1 aromatic rings. The number of amides is 1. The van der Waals surface area contributed by atoms with Gasteiger partial charge >= 0.3 is 0 Å². The van der Waals surface area contributed by atoms with E-state index in [-0.39, 0.29) is 17.2 Å². The average Bonchev–Trinajstić information content (AvgIpc) is 2.30. The summed E-state index contributed by atoms with van der Waals surface area (Å²) in [4.78, 5) is 11.6. The van der Waals surface area contributed by atoms with Crippen LogP contribution in [0.4, 0.5) is 10.1 Å². The highest BCUT2D eigenvalue weighted by Crippen LogP contribution is 2.17. The van der Waals surface area contributed by atoms with Crippen LogP contribution in [-0.4, -0.2) is 12.5 Å². The summed E-state index contributed by atoms with van der Waals surface area (Å²) < 4.78 is 13.4. The lowest BCUT2D eigenvalue weighted by Crippen LogP contribution is -2.24. The predicted molar refractivity (Wildman–Crippen MR) is 65.9 cm³/mol. The summed E-state index contributed by atoms with van der Waals surface area (Å²) in [5.41, 5.74) is 6.47. The maximum Gasteiger partial charge on any atom is 0.251 e. The Balaban J connectivity index is 2.72. The number of benzene rings is 1. The molecule has 0 aliphatic carbocycles. The van der Waals surface area contributed by atoms with E-state index in [1.807, 2.05) is 0 Å². The van der Waals surface area contributed by atoms with Gasteiger partial charge in [0.1, 0.15) is 5.82 Å². The monoisotopic (exact) mass is 234 g/mol. The zero-order chi connectivity index (χ0) is 12.8. The van der Waals surface area contributed by atoms with Crippen molar-refractivity contribution >= 4 is 11.6 Å². The highest BCUT2D eigenvalue weighted by molar-refractivity contribution is 5.95. The first-order chi connectivity index (χ1) is 8.06. The van der Waals surface area contributed by atoms with Crippen molar-refractivity contribution in [3.05, 3.63) is 29.1 Å². The molecule has 90 valence electrons. The van der Waals surface area contributed by atoms with Crippen molar-refractivity contribution in [1.82, 2.24) is 5.32 Å². The van der Waals surface area contributed by atoms with Crippen LogP contribution in [0.1, 0.15) is 29.3 Å². The molecule has 17 heavy (non-hydrogen) atoms. The Bertz CT molecular complexity index is 463. The van der Waals surface area contributed by atoms with E-state index in [9.17, 15) is 9.18 Å². The summed E-state index contributed by atoms with van der Waals surface area (Å²) in [6, 6.07) is 2.66. The predicted octanol–water partition coefficient (Wildman–Crippen LogP) is 1.86. The molecule has 1 rings (SSSR count). The molecule has 0 atom stereocenters. The van der Waals surface area contributed by atoms with Crippen molar-refractivity contribution in [1.29, 1.82) is 0 Å². The molecule has 4 heteroatoms. The average molecular weight is 234 g/mol. The highest BCUT2D eigenvalue weighted by atomic mass is 19.1. The summed E-state index contributed by atoms with van der Waals surface area (Å²) in [5, 5.41) is 2.64.